The Hall–Kier alpha value is 0.136. The van der Waals surface area contributed by atoms with Crippen molar-refractivity contribution in [3.63, 3.8) is 0 Å². The molecule has 0 radical (unpaired) electrons. The third-order valence-electron chi connectivity index (χ3n) is 1.29. The number of aliphatic carboxylic acids is 3. The Bertz CT molecular complexity index is 250. The van der Waals surface area contributed by atoms with Crippen LogP contribution in [-0.2, 0) is 14.4 Å². The number of rotatable bonds is 5. The Morgan fingerprint density at radius 2 is 1.27 bits per heavy atom. The molecule has 0 bridgehead atoms. The molecular formula is C6H11MgNaO7. The van der Waals surface area contributed by atoms with Gasteiger partial charge >= 0.3 is 70.5 Å². The first kappa shape index (κ1) is 20.5. The first-order valence-corrected chi connectivity index (χ1v) is 3.17. The first-order valence-electron chi connectivity index (χ1n) is 3.17. The third kappa shape index (κ3) is 8.00. The van der Waals surface area contributed by atoms with Gasteiger partial charge in [0.05, 0.1) is 12.8 Å². The van der Waals surface area contributed by atoms with Crippen molar-refractivity contribution < 1.29 is 68.6 Å². The van der Waals surface area contributed by atoms with Crippen LogP contribution in [0.15, 0.2) is 0 Å². The van der Waals surface area contributed by atoms with E-state index in [0.717, 1.165) is 0 Å². The Kier molecular flexibility index (Phi) is 11.4. The molecule has 0 aliphatic rings. The zero-order chi connectivity index (χ0) is 10.6. The predicted octanol–water partition coefficient (Wildman–Crippen LogP) is -4.29. The number of hydrogen-bond acceptors (Lipinski definition) is 4. The predicted molar refractivity (Wildman–Crippen MR) is 46.2 cm³/mol. The van der Waals surface area contributed by atoms with E-state index in [9.17, 15) is 14.4 Å². The summed E-state index contributed by atoms with van der Waals surface area (Å²) in [6.07, 6.45) is -2.29. The number of carbonyl (C=O) groups is 3. The summed E-state index contributed by atoms with van der Waals surface area (Å²) in [5.74, 6) is -5.02. The molecule has 0 aliphatic carbocycles. The summed E-state index contributed by atoms with van der Waals surface area (Å²) in [4.78, 5) is 30.5. The Morgan fingerprint density at radius 1 is 1.00 bits per heavy atom. The maximum absolute atomic E-state index is 10.3. The molecule has 0 rings (SSSR count). The molecule has 0 spiro atoms. The fraction of sp³-hybridized carbons (Fsp3) is 0.500. The van der Waals surface area contributed by atoms with Gasteiger partial charge in [-0.15, -0.1) is 0 Å². The molecule has 0 atom stereocenters. The monoisotopic (exact) mass is 242 g/mol. The molecule has 0 saturated carbocycles. The molecule has 9 heteroatoms. The van der Waals surface area contributed by atoms with Gasteiger partial charge < -0.3 is 24.7 Å². The standard InChI is InChI=1S/C6H8O7.Mg.Na.3H/c7-3(8)1-6(13,5(11)12)2-4(9)10;;;;;/h13H,1-2H2,(H,7,8)(H,9,10)(H,11,12);;;;;/q;+2;+1;3*-1. The van der Waals surface area contributed by atoms with Crippen molar-refractivity contribution in [2.24, 2.45) is 0 Å². The topological polar surface area (TPSA) is 132 Å². The summed E-state index contributed by atoms with van der Waals surface area (Å²) in [6, 6.07) is 0. The van der Waals surface area contributed by atoms with Gasteiger partial charge in [0.1, 0.15) is 0 Å². The van der Waals surface area contributed by atoms with Crippen LogP contribution in [-0.4, -0.2) is 67.0 Å². The molecule has 0 saturated heterocycles. The molecule has 0 aliphatic heterocycles. The fourth-order valence-corrected chi connectivity index (χ4v) is 0.714. The summed E-state index contributed by atoms with van der Waals surface area (Å²) >= 11 is 0. The minimum Gasteiger partial charge on any atom is -1.00 e. The Balaban J connectivity index is -0.0000000720. The van der Waals surface area contributed by atoms with Crippen LogP contribution in [0, 0.1) is 0 Å². The average Bonchev–Trinajstić information content (AvgIpc) is 1.82. The molecule has 7 nitrogen and oxygen atoms in total. The van der Waals surface area contributed by atoms with Crippen LogP contribution in [0.4, 0.5) is 0 Å². The van der Waals surface area contributed by atoms with Crippen LogP contribution in [0.25, 0.3) is 0 Å². The molecule has 0 amide bonds. The molecule has 0 aromatic rings. The molecule has 0 fully saturated rings. The van der Waals surface area contributed by atoms with Crippen molar-refractivity contribution in [1.29, 1.82) is 0 Å². The molecule has 0 aromatic heterocycles. The summed E-state index contributed by atoms with van der Waals surface area (Å²) in [5, 5.41) is 33.8. The van der Waals surface area contributed by atoms with Crippen molar-refractivity contribution in [3.8, 4) is 0 Å². The van der Waals surface area contributed by atoms with E-state index in [1.54, 1.807) is 0 Å². The van der Waals surface area contributed by atoms with Crippen molar-refractivity contribution in [1.82, 2.24) is 0 Å². The van der Waals surface area contributed by atoms with Crippen LogP contribution in [0.2, 0.25) is 0 Å². The number of carboxylic acids is 3. The van der Waals surface area contributed by atoms with Crippen molar-refractivity contribution in [2.45, 2.75) is 18.4 Å². The van der Waals surface area contributed by atoms with Gasteiger partial charge in [-0.1, -0.05) is 0 Å². The second-order valence-electron chi connectivity index (χ2n) is 2.48. The molecular weight excluding hydrogens is 231 g/mol. The zero-order valence-corrected chi connectivity index (χ0v) is 11.5. The third-order valence-corrected chi connectivity index (χ3v) is 1.29. The van der Waals surface area contributed by atoms with Gasteiger partial charge in [0.15, 0.2) is 5.60 Å². The van der Waals surface area contributed by atoms with Crippen LogP contribution >= 0.6 is 0 Å². The van der Waals surface area contributed by atoms with Crippen molar-refractivity contribution in [3.05, 3.63) is 0 Å². The van der Waals surface area contributed by atoms with E-state index in [0.29, 0.717) is 0 Å². The number of hydrogen-bond donors (Lipinski definition) is 4. The van der Waals surface area contributed by atoms with E-state index < -0.39 is 36.4 Å². The van der Waals surface area contributed by atoms with Crippen LogP contribution in [0.5, 0.6) is 0 Å². The van der Waals surface area contributed by atoms with Gasteiger partial charge in [0.2, 0.25) is 0 Å². The minimum atomic E-state index is -2.74. The summed E-state index contributed by atoms with van der Waals surface area (Å²) in [7, 11) is 0. The Labute approximate surface area is 127 Å². The van der Waals surface area contributed by atoms with Gasteiger partial charge in [-0.2, -0.15) is 0 Å². The molecule has 4 N–H and O–H groups in total. The number of aliphatic hydroxyl groups is 1. The Morgan fingerprint density at radius 3 is 1.40 bits per heavy atom. The van der Waals surface area contributed by atoms with Gasteiger partial charge in [-0.05, 0) is 0 Å². The van der Waals surface area contributed by atoms with Crippen LogP contribution in [0.1, 0.15) is 17.1 Å². The molecule has 0 unspecified atom stereocenters. The normalized spacial score (nSPS) is 9.40. The van der Waals surface area contributed by atoms with Gasteiger partial charge in [-0.3, -0.25) is 9.59 Å². The number of carboxylic acid groups (broad SMARTS) is 3. The average molecular weight is 242 g/mol. The summed E-state index contributed by atoms with van der Waals surface area (Å²) in [5.41, 5.74) is -2.74. The maximum Gasteiger partial charge on any atom is 2.00 e. The smallest absolute Gasteiger partial charge is 1.00 e. The zero-order valence-electron chi connectivity index (χ0n) is 11.1. The molecule has 80 valence electrons. The molecule has 15 heavy (non-hydrogen) atoms. The van der Waals surface area contributed by atoms with Crippen LogP contribution in [0.3, 0.4) is 0 Å². The van der Waals surface area contributed by atoms with E-state index in [1.165, 1.54) is 0 Å². The van der Waals surface area contributed by atoms with Gasteiger partial charge in [0.25, 0.3) is 0 Å². The van der Waals surface area contributed by atoms with E-state index in [2.05, 4.69) is 0 Å². The quantitative estimate of drug-likeness (QED) is 0.359. The fourth-order valence-electron chi connectivity index (χ4n) is 0.714. The molecule has 0 aromatic carbocycles. The van der Waals surface area contributed by atoms with Gasteiger partial charge in [-0.25, -0.2) is 4.79 Å². The molecule has 0 heterocycles. The van der Waals surface area contributed by atoms with Crippen LogP contribution < -0.4 is 29.6 Å². The van der Waals surface area contributed by atoms with Crippen molar-refractivity contribution in [2.75, 3.05) is 0 Å². The second-order valence-corrected chi connectivity index (χ2v) is 2.48. The van der Waals surface area contributed by atoms with Crippen molar-refractivity contribution >= 4 is 41.0 Å². The SMILES string of the molecule is O=C(O)CC(O)(CC(=O)O)C(=O)O.[H-].[H-].[H-].[Mg+2].[Na+]. The maximum atomic E-state index is 10.3. The summed E-state index contributed by atoms with van der Waals surface area (Å²) < 4.78 is 0. The van der Waals surface area contributed by atoms with E-state index >= 15 is 0 Å². The first-order chi connectivity index (χ1) is 5.78. The largest absolute Gasteiger partial charge is 2.00 e. The summed E-state index contributed by atoms with van der Waals surface area (Å²) in [6.45, 7) is 0. The van der Waals surface area contributed by atoms with Gasteiger partial charge in [0, 0.05) is 0 Å². The second kappa shape index (κ2) is 8.31. The van der Waals surface area contributed by atoms with E-state index in [-0.39, 0.29) is 56.9 Å². The minimum absolute atomic E-state index is 0. The van der Waals surface area contributed by atoms with E-state index in [4.69, 9.17) is 20.4 Å². The van der Waals surface area contributed by atoms with E-state index in [1.807, 2.05) is 0 Å².